The first-order valence-electron chi connectivity index (χ1n) is 16.7. The highest BCUT2D eigenvalue weighted by Crippen LogP contribution is 2.20. The third-order valence-corrected chi connectivity index (χ3v) is 6.51. The zero-order chi connectivity index (χ0) is 35.9. The van der Waals surface area contributed by atoms with E-state index < -0.39 is 30.2 Å². The van der Waals surface area contributed by atoms with Crippen molar-refractivity contribution in [1.82, 2.24) is 16.0 Å². The second-order valence-corrected chi connectivity index (χ2v) is 10.0. The monoisotopic (exact) mass is 640 g/mol. The third kappa shape index (κ3) is 21.9. The van der Waals surface area contributed by atoms with Gasteiger partial charge in [0.2, 0.25) is 18.2 Å². The van der Waals surface area contributed by atoms with Gasteiger partial charge in [0.05, 0.1) is 6.04 Å². The maximum Gasteiger partial charge on any atom is 0.245 e. The van der Waals surface area contributed by atoms with Crippen LogP contribution in [0.4, 0.5) is 0 Å². The molecule has 0 spiro atoms. The third-order valence-electron chi connectivity index (χ3n) is 6.51. The van der Waals surface area contributed by atoms with Crippen molar-refractivity contribution in [3.8, 4) is 0 Å². The molecule has 0 saturated heterocycles. The molecule has 0 aliphatic heterocycles. The van der Waals surface area contributed by atoms with Crippen molar-refractivity contribution in [3.05, 3.63) is 84.0 Å². The number of allylic oxidation sites excluding steroid dienone is 6. The number of amides is 3. The molecule has 46 heavy (non-hydrogen) atoms. The molecule has 2 rings (SSSR count). The van der Waals surface area contributed by atoms with Gasteiger partial charge >= 0.3 is 0 Å². The summed E-state index contributed by atoms with van der Waals surface area (Å²) in [4.78, 5) is 35.0. The largest absolute Gasteiger partial charge is 0.343 e. The van der Waals surface area contributed by atoms with Crippen LogP contribution in [0.25, 0.3) is 10.8 Å². The predicted octanol–water partition coefficient (Wildman–Crippen LogP) is 7.29. The molecular formula is C38H65N5O3. The van der Waals surface area contributed by atoms with Gasteiger partial charge in [0.25, 0.3) is 0 Å². The van der Waals surface area contributed by atoms with E-state index >= 15 is 0 Å². The molecule has 0 radical (unpaired) electrons. The summed E-state index contributed by atoms with van der Waals surface area (Å²) in [6.07, 6.45) is 14.3. The number of hydrogen-bond acceptors (Lipinski definition) is 5. The van der Waals surface area contributed by atoms with Crippen LogP contribution in [0, 0.1) is 5.92 Å². The average Bonchev–Trinajstić information content (AvgIpc) is 3.07. The fraction of sp³-hybridized carbons (Fsp3) is 0.500. The van der Waals surface area contributed by atoms with E-state index in [0.717, 1.165) is 16.3 Å². The molecule has 0 bridgehead atoms. The fourth-order valence-electron chi connectivity index (χ4n) is 3.76. The van der Waals surface area contributed by atoms with Crippen LogP contribution in [0.5, 0.6) is 0 Å². The first-order valence-corrected chi connectivity index (χ1v) is 16.7. The van der Waals surface area contributed by atoms with Gasteiger partial charge in [-0.25, -0.2) is 0 Å². The van der Waals surface area contributed by atoms with Gasteiger partial charge in [-0.3, -0.25) is 20.1 Å². The first kappa shape index (κ1) is 46.7. The Morgan fingerprint density at radius 1 is 0.870 bits per heavy atom. The number of fused-ring (bicyclic) bond motifs is 1. The van der Waals surface area contributed by atoms with Crippen molar-refractivity contribution in [2.75, 3.05) is 0 Å². The van der Waals surface area contributed by atoms with Crippen LogP contribution < -0.4 is 27.4 Å². The summed E-state index contributed by atoms with van der Waals surface area (Å²) in [6.45, 7) is 22.3. The molecule has 0 aliphatic rings. The number of rotatable bonds is 13. The first-order chi connectivity index (χ1) is 22.1. The summed E-state index contributed by atoms with van der Waals surface area (Å²) in [5.74, 6) is -0.365. The van der Waals surface area contributed by atoms with E-state index in [2.05, 4.69) is 87.9 Å². The van der Waals surface area contributed by atoms with E-state index in [-0.39, 0.29) is 6.42 Å². The molecule has 0 aliphatic carbocycles. The maximum absolute atomic E-state index is 12.5. The molecule has 0 saturated carbocycles. The van der Waals surface area contributed by atoms with E-state index in [1.54, 1.807) is 0 Å². The number of hydrogen-bond donors (Lipinski definition) is 5. The molecule has 260 valence electrons. The van der Waals surface area contributed by atoms with E-state index in [1.165, 1.54) is 31.8 Å². The highest BCUT2D eigenvalue weighted by atomic mass is 16.2. The molecule has 0 fully saturated rings. The Kier molecular flexibility index (Phi) is 31.7. The fourth-order valence-corrected chi connectivity index (χ4v) is 3.76. The van der Waals surface area contributed by atoms with Crippen LogP contribution in [0.2, 0.25) is 0 Å². The second-order valence-electron chi connectivity index (χ2n) is 10.0. The summed E-state index contributed by atoms with van der Waals surface area (Å²) in [7, 11) is 0. The Morgan fingerprint density at radius 3 is 2.00 bits per heavy atom. The molecule has 0 heterocycles. The Balaban J connectivity index is -0.000000759. The molecule has 7 N–H and O–H groups in total. The predicted molar refractivity (Wildman–Crippen MR) is 199 cm³/mol. The Labute approximate surface area is 280 Å². The smallest absolute Gasteiger partial charge is 0.245 e. The lowest BCUT2D eigenvalue weighted by molar-refractivity contribution is -0.130. The van der Waals surface area contributed by atoms with Gasteiger partial charge in [-0.1, -0.05) is 133 Å². The van der Waals surface area contributed by atoms with Crippen molar-refractivity contribution in [3.63, 3.8) is 0 Å². The van der Waals surface area contributed by atoms with Crippen molar-refractivity contribution < 1.29 is 14.4 Å². The lowest BCUT2D eigenvalue weighted by atomic mass is 9.98. The number of nitrogens with two attached hydrogens (primary N) is 2. The topological polar surface area (TPSA) is 139 Å². The molecule has 3 amide bonds. The summed E-state index contributed by atoms with van der Waals surface area (Å²) in [5, 5.41) is 9.31. The maximum atomic E-state index is 12.5. The summed E-state index contributed by atoms with van der Waals surface area (Å²) in [5.41, 5.74) is 13.5. The van der Waals surface area contributed by atoms with Gasteiger partial charge in [-0.05, 0) is 63.3 Å². The zero-order valence-electron chi connectivity index (χ0n) is 30.5. The summed E-state index contributed by atoms with van der Waals surface area (Å²) >= 11 is 0. The van der Waals surface area contributed by atoms with Gasteiger partial charge in [0, 0.05) is 6.42 Å². The van der Waals surface area contributed by atoms with Gasteiger partial charge < -0.3 is 21.7 Å². The molecule has 2 aromatic carbocycles. The lowest BCUT2D eigenvalue weighted by Gasteiger charge is -2.22. The van der Waals surface area contributed by atoms with Crippen LogP contribution in [-0.4, -0.2) is 36.6 Å². The van der Waals surface area contributed by atoms with E-state index in [9.17, 15) is 14.4 Å². The number of carbonyl (C=O) groups excluding carboxylic acids is 3. The van der Waals surface area contributed by atoms with Crippen LogP contribution in [0.3, 0.4) is 0 Å². The van der Waals surface area contributed by atoms with Crippen LogP contribution in [0.15, 0.2) is 78.4 Å². The molecule has 8 nitrogen and oxygen atoms in total. The SMILES string of the molecule is C/C=C\C(C)/C(C)=C\C.C/C=C\CCCC.CC.CC.CC(N)C(=O)NC(Cc1cccc2ccccc12)C(=O)NC(N)NC=O. The van der Waals surface area contributed by atoms with Crippen molar-refractivity contribution >= 4 is 29.0 Å². The highest BCUT2D eigenvalue weighted by Gasteiger charge is 2.24. The minimum Gasteiger partial charge on any atom is -0.343 e. The normalized spacial score (nSPS) is 13.1. The standard InChI is InChI=1S/C18H23N5O3.C9H16.C7H14.2C2H6/c1-11(19)16(25)22-15(17(26)23-18(20)21-10-24)9-13-7-4-6-12-5-2-3-8-14(12)13;1-5-7-9(4)8(3)6-2;1-3-5-7-6-4-2;2*1-2/h2-8,10-11,15,18H,9,19-20H2,1H3,(H,21,24)(H,22,25)(H,23,26);5-7,9H,1-4H3;3,5H,4,6-7H2,1-2H3;2*1-2H3/b;7-5-,8-6-;5-3-;;. The average molecular weight is 640 g/mol. The molecule has 2 aromatic rings. The number of unbranched alkanes of at least 4 members (excludes halogenated alkanes) is 2. The van der Waals surface area contributed by atoms with Gasteiger partial charge in [0.15, 0.2) is 6.29 Å². The minimum absolute atomic E-state index is 0.249. The van der Waals surface area contributed by atoms with Gasteiger partial charge in [0.1, 0.15) is 6.04 Å². The van der Waals surface area contributed by atoms with Crippen LogP contribution >= 0.6 is 0 Å². The van der Waals surface area contributed by atoms with Crippen molar-refractivity contribution in [2.24, 2.45) is 17.4 Å². The molecular weight excluding hydrogens is 574 g/mol. The van der Waals surface area contributed by atoms with Crippen LogP contribution in [0.1, 0.15) is 101 Å². The van der Waals surface area contributed by atoms with E-state index in [4.69, 9.17) is 11.5 Å². The van der Waals surface area contributed by atoms with Crippen molar-refractivity contribution in [1.29, 1.82) is 0 Å². The molecule has 0 aromatic heterocycles. The number of benzene rings is 2. The quantitative estimate of drug-likeness (QED) is 0.0678. The lowest BCUT2D eigenvalue weighted by Crippen LogP contribution is -2.58. The summed E-state index contributed by atoms with van der Waals surface area (Å²) < 4.78 is 0. The zero-order valence-corrected chi connectivity index (χ0v) is 30.5. The number of nitrogens with one attached hydrogen (secondary N) is 3. The molecule has 4 atom stereocenters. The van der Waals surface area contributed by atoms with Gasteiger partial charge in [-0.15, -0.1) is 0 Å². The summed E-state index contributed by atoms with van der Waals surface area (Å²) in [6, 6.07) is 11.9. The van der Waals surface area contributed by atoms with E-state index in [1.807, 2.05) is 70.2 Å². The Morgan fingerprint density at radius 2 is 1.48 bits per heavy atom. The number of carbonyl (C=O) groups is 3. The molecule has 4 unspecified atom stereocenters. The Hall–Kier alpha value is -3.75. The van der Waals surface area contributed by atoms with Gasteiger partial charge in [-0.2, -0.15) is 0 Å². The Bertz CT molecular complexity index is 1150. The molecule has 8 heteroatoms. The van der Waals surface area contributed by atoms with Crippen molar-refractivity contribution in [2.45, 2.75) is 120 Å². The van der Waals surface area contributed by atoms with Crippen LogP contribution in [-0.2, 0) is 20.8 Å². The van der Waals surface area contributed by atoms with E-state index in [0.29, 0.717) is 12.3 Å². The second kappa shape index (κ2) is 31.2. The highest BCUT2D eigenvalue weighted by molar-refractivity contribution is 5.91. The minimum atomic E-state index is -1.05.